The average molecular weight is 447 g/mol. The Bertz CT molecular complexity index is 1180. The third-order valence-electron chi connectivity index (χ3n) is 4.33. The van der Waals surface area contributed by atoms with Crippen molar-refractivity contribution < 1.29 is 23.6 Å². The highest BCUT2D eigenvalue weighted by Gasteiger charge is 2.22. The van der Waals surface area contributed by atoms with Crippen molar-refractivity contribution in [2.24, 2.45) is 0 Å². The number of aryl methyl sites for hydroxylation is 1. The number of carbonyl (C=O) groups excluding carboxylic acids is 2. The van der Waals surface area contributed by atoms with E-state index in [-0.39, 0.29) is 22.0 Å². The van der Waals surface area contributed by atoms with Gasteiger partial charge in [0.15, 0.2) is 6.61 Å². The van der Waals surface area contributed by atoms with E-state index < -0.39 is 29.2 Å². The van der Waals surface area contributed by atoms with Gasteiger partial charge in [-0.1, -0.05) is 11.6 Å². The first-order chi connectivity index (χ1) is 14.7. The topological polar surface area (TPSA) is 116 Å². The lowest BCUT2D eigenvalue weighted by molar-refractivity contribution is -0.383. The predicted molar refractivity (Wildman–Crippen MR) is 110 cm³/mol. The molecule has 0 bridgehead atoms. The van der Waals surface area contributed by atoms with Gasteiger partial charge >= 0.3 is 5.97 Å². The summed E-state index contributed by atoms with van der Waals surface area (Å²) in [6.45, 7) is 2.57. The molecule has 0 aliphatic rings. The molecule has 0 atom stereocenters. The number of halogens is 2. The van der Waals surface area contributed by atoms with Crippen molar-refractivity contribution in [2.45, 2.75) is 13.8 Å². The van der Waals surface area contributed by atoms with Crippen molar-refractivity contribution in [3.63, 3.8) is 0 Å². The van der Waals surface area contributed by atoms with Crippen molar-refractivity contribution >= 4 is 34.9 Å². The van der Waals surface area contributed by atoms with Crippen LogP contribution in [0.15, 0.2) is 42.5 Å². The van der Waals surface area contributed by atoms with Gasteiger partial charge in [0.1, 0.15) is 17.1 Å². The first-order valence-corrected chi connectivity index (χ1v) is 9.28. The van der Waals surface area contributed by atoms with Gasteiger partial charge in [0.05, 0.1) is 22.0 Å². The molecule has 2 aromatic carbocycles. The monoisotopic (exact) mass is 446 g/mol. The molecule has 1 amide bonds. The first kappa shape index (κ1) is 21.9. The largest absolute Gasteiger partial charge is 0.452 e. The van der Waals surface area contributed by atoms with Gasteiger partial charge in [-0.2, -0.15) is 5.10 Å². The van der Waals surface area contributed by atoms with Crippen molar-refractivity contribution in [3.8, 4) is 5.69 Å². The van der Waals surface area contributed by atoms with Crippen LogP contribution in [0.3, 0.4) is 0 Å². The molecule has 9 nitrogen and oxygen atoms in total. The van der Waals surface area contributed by atoms with Crippen molar-refractivity contribution in [1.82, 2.24) is 9.78 Å². The van der Waals surface area contributed by atoms with Crippen LogP contribution in [0, 0.1) is 29.8 Å². The van der Waals surface area contributed by atoms with Gasteiger partial charge in [-0.15, -0.1) is 0 Å². The van der Waals surface area contributed by atoms with Crippen LogP contribution in [0.25, 0.3) is 5.69 Å². The molecule has 3 aromatic rings. The highest BCUT2D eigenvalue weighted by atomic mass is 35.5. The Morgan fingerprint density at radius 3 is 2.55 bits per heavy atom. The summed E-state index contributed by atoms with van der Waals surface area (Å²) in [5.74, 6) is -1.96. The van der Waals surface area contributed by atoms with Crippen LogP contribution in [-0.2, 0) is 9.53 Å². The number of nitrogens with one attached hydrogen (secondary N) is 1. The van der Waals surface area contributed by atoms with E-state index in [9.17, 15) is 24.1 Å². The van der Waals surface area contributed by atoms with Gasteiger partial charge in [-0.05, 0) is 50.2 Å². The Balaban J connectivity index is 1.71. The number of amides is 1. The second-order valence-electron chi connectivity index (χ2n) is 6.48. The minimum Gasteiger partial charge on any atom is -0.452 e. The number of benzene rings is 2. The van der Waals surface area contributed by atoms with Crippen LogP contribution in [0.1, 0.15) is 21.7 Å². The van der Waals surface area contributed by atoms with Gasteiger partial charge in [0, 0.05) is 11.1 Å². The molecule has 1 N–H and O–H groups in total. The second-order valence-corrected chi connectivity index (χ2v) is 6.91. The molecule has 0 spiro atoms. The number of aromatic nitrogens is 2. The molecule has 0 unspecified atom stereocenters. The van der Waals surface area contributed by atoms with E-state index in [0.29, 0.717) is 17.1 Å². The van der Waals surface area contributed by atoms with E-state index in [1.807, 2.05) is 0 Å². The highest BCUT2D eigenvalue weighted by molar-refractivity contribution is 6.31. The molecule has 0 radical (unpaired) electrons. The Kier molecular flexibility index (Phi) is 6.30. The summed E-state index contributed by atoms with van der Waals surface area (Å²) in [6.07, 6.45) is 0. The fourth-order valence-electron chi connectivity index (χ4n) is 2.92. The van der Waals surface area contributed by atoms with Crippen LogP contribution in [0.2, 0.25) is 5.02 Å². The Morgan fingerprint density at radius 1 is 1.23 bits per heavy atom. The summed E-state index contributed by atoms with van der Waals surface area (Å²) in [6, 6.07) is 9.31. The van der Waals surface area contributed by atoms with Gasteiger partial charge in [-0.3, -0.25) is 14.9 Å². The summed E-state index contributed by atoms with van der Waals surface area (Å²) in [7, 11) is 0. The number of nitro groups is 1. The number of carbonyl (C=O) groups is 2. The molecule has 1 aromatic heterocycles. The maximum absolute atomic E-state index is 13.2. The Hall–Kier alpha value is -3.79. The number of rotatable bonds is 6. The number of esters is 1. The number of anilines is 1. The average Bonchev–Trinajstić information content (AvgIpc) is 3.02. The zero-order valence-corrected chi connectivity index (χ0v) is 17.1. The normalized spacial score (nSPS) is 10.6. The fraction of sp³-hybridized carbons (Fsp3) is 0.150. The molecule has 11 heteroatoms. The molecule has 0 aliphatic heterocycles. The van der Waals surface area contributed by atoms with E-state index in [1.165, 1.54) is 41.1 Å². The zero-order valence-electron chi connectivity index (χ0n) is 16.4. The number of nitrogens with zero attached hydrogens (tertiary/aromatic N) is 3. The third kappa shape index (κ3) is 4.86. The maximum Gasteiger partial charge on any atom is 0.342 e. The van der Waals surface area contributed by atoms with E-state index >= 15 is 0 Å². The molecular weight excluding hydrogens is 431 g/mol. The van der Waals surface area contributed by atoms with Crippen molar-refractivity contribution in [1.29, 1.82) is 0 Å². The van der Waals surface area contributed by atoms with Gasteiger partial charge in [0.2, 0.25) is 0 Å². The summed E-state index contributed by atoms with van der Waals surface area (Å²) < 4.78 is 19.7. The van der Waals surface area contributed by atoms with Crippen LogP contribution in [0.5, 0.6) is 0 Å². The lowest BCUT2D eigenvalue weighted by Gasteiger charge is -2.08. The lowest BCUT2D eigenvalue weighted by atomic mass is 10.2. The lowest BCUT2D eigenvalue weighted by Crippen LogP contribution is -2.22. The Morgan fingerprint density at radius 2 is 1.90 bits per heavy atom. The summed E-state index contributed by atoms with van der Waals surface area (Å²) in [5, 5.41) is 17.8. The minimum absolute atomic E-state index is 0.0769. The Labute approximate surface area is 180 Å². The van der Waals surface area contributed by atoms with Gasteiger partial charge < -0.3 is 10.1 Å². The summed E-state index contributed by atoms with van der Waals surface area (Å²) in [5.41, 5.74) is 1.05. The quantitative estimate of drug-likeness (QED) is 0.347. The van der Waals surface area contributed by atoms with Crippen LogP contribution < -0.4 is 5.32 Å². The molecule has 31 heavy (non-hydrogen) atoms. The van der Waals surface area contributed by atoms with E-state index in [4.69, 9.17) is 16.3 Å². The number of ether oxygens (including phenoxy) is 1. The van der Waals surface area contributed by atoms with Gasteiger partial charge in [-0.25, -0.2) is 13.9 Å². The fourth-order valence-corrected chi connectivity index (χ4v) is 3.09. The highest BCUT2D eigenvalue weighted by Crippen LogP contribution is 2.27. The minimum atomic E-state index is -0.788. The molecule has 0 saturated heterocycles. The number of hydrogen-bond donors (Lipinski definition) is 1. The van der Waals surface area contributed by atoms with Crippen molar-refractivity contribution in [2.75, 3.05) is 11.9 Å². The summed E-state index contributed by atoms with van der Waals surface area (Å²) >= 11 is 5.74. The molecule has 160 valence electrons. The SMILES string of the molecule is Cc1nn(-c2ccc(F)cc2)c(C)c1C(=O)OCC(=O)Nc1ccc(Cl)cc1[N+](=O)[O-]. The van der Waals surface area contributed by atoms with Crippen LogP contribution in [-0.4, -0.2) is 33.2 Å². The maximum atomic E-state index is 13.2. The first-order valence-electron chi connectivity index (χ1n) is 8.90. The standard InChI is InChI=1S/C20H16ClFN4O5/c1-11-19(12(2)25(24-11)15-6-4-14(22)5-7-15)20(28)31-10-18(27)23-16-8-3-13(21)9-17(16)26(29)30/h3-9H,10H2,1-2H3,(H,23,27). The van der Waals surface area contributed by atoms with Crippen molar-refractivity contribution in [3.05, 3.63) is 80.4 Å². The van der Waals surface area contributed by atoms with E-state index in [0.717, 1.165) is 6.07 Å². The molecule has 1 heterocycles. The number of nitro benzene ring substituents is 1. The molecule has 0 saturated carbocycles. The molecule has 0 aliphatic carbocycles. The zero-order chi connectivity index (χ0) is 22.7. The van der Waals surface area contributed by atoms with E-state index in [1.54, 1.807) is 13.8 Å². The van der Waals surface area contributed by atoms with Crippen LogP contribution in [0.4, 0.5) is 15.8 Å². The van der Waals surface area contributed by atoms with E-state index in [2.05, 4.69) is 10.4 Å². The summed E-state index contributed by atoms with van der Waals surface area (Å²) in [4.78, 5) is 35.1. The number of hydrogen-bond acceptors (Lipinski definition) is 6. The predicted octanol–water partition coefficient (Wildman–Crippen LogP) is 3.99. The molecule has 0 fully saturated rings. The molecular formula is C20H16ClFN4O5. The third-order valence-corrected chi connectivity index (χ3v) is 4.57. The second kappa shape index (κ2) is 8.92. The van der Waals surface area contributed by atoms with Gasteiger partial charge in [0.25, 0.3) is 11.6 Å². The smallest absolute Gasteiger partial charge is 0.342 e. The van der Waals surface area contributed by atoms with Crippen LogP contribution >= 0.6 is 11.6 Å². The molecule has 3 rings (SSSR count).